The van der Waals surface area contributed by atoms with Gasteiger partial charge in [-0.3, -0.25) is 0 Å². The lowest BCUT2D eigenvalue weighted by atomic mass is 10.0. The molecule has 3 heterocycles. The van der Waals surface area contributed by atoms with Crippen molar-refractivity contribution in [2.45, 2.75) is 32.5 Å². The van der Waals surface area contributed by atoms with E-state index in [4.69, 9.17) is 9.40 Å². The molecule has 4 aromatic carbocycles. The minimum absolute atomic E-state index is 0.0365. The summed E-state index contributed by atoms with van der Waals surface area (Å²) in [6, 6.07) is 31.5. The quantitative estimate of drug-likeness (QED) is 0.295. The number of H-pyrrole nitrogens is 1. The second kappa shape index (κ2) is 7.12. The van der Waals surface area contributed by atoms with Crippen LogP contribution < -0.4 is 9.80 Å². The third kappa shape index (κ3) is 2.78. The van der Waals surface area contributed by atoms with Crippen molar-refractivity contribution < 1.29 is 4.42 Å². The van der Waals surface area contributed by atoms with E-state index in [0.29, 0.717) is 0 Å². The van der Waals surface area contributed by atoms with E-state index in [2.05, 4.69) is 102 Å². The number of furan rings is 1. The smallest absolute Gasteiger partial charge is 0.159 e. The van der Waals surface area contributed by atoms with Gasteiger partial charge in [0.25, 0.3) is 0 Å². The fraction of sp³-hybridized carbons (Fsp3) is 0.167. The van der Waals surface area contributed by atoms with Crippen LogP contribution >= 0.6 is 0 Å². The summed E-state index contributed by atoms with van der Waals surface area (Å²) in [5.74, 6) is 0.948. The molecule has 1 N–H and O–H groups in total. The number of fused-ring (bicyclic) bond motifs is 5. The second-order valence-corrected chi connectivity index (χ2v) is 9.77. The van der Waals surface area contributed by atoms with Crippen molar-refractivity contribution in [1.82, 2.24) is 9.97 Å². The summed E-state index contributed by atoms with van der Waals surface area (Å²) in [6.07, 6.45) is 0.0365. The summed E-state index contributed by atoms with van der Waals surface area (Å²) >= 11 is 0. The summed E-state index contributed by atoms with van der Waals surface area (Å²) in [6.45, 7) is 6.73. The van der Waals surface area contributed by atoms with Crippen molar-refractivity contribution in [1.29, 1.82) is 0 Å². The van der Waals surface area contributed by atoms with Gasteiger partial charge < -0.3 is 19.2 Å². The van der Waals surface area contributed by atoms with Crippen molar-refractivity contribution in [2.24, 2.45) is 0 Å². The zero-order valence-electron chi connectivity index (χ0n) is 20.0. The Labute approximate surface area is 203 Å². The highest BCUT2D eigenvalue weighted by Crippen LogP contribution is 2.51. The van der Waals surface area contributed by atoms with Gasteiger partial charge >= 0.3 is 0 Å². The fourth-order valence-corrected chi connectivity index (χ4v) is 5.77. The van der Waals surface area contributed by atoms with Crippen LogP contribution in [0.15, 0.2) is 95.4 Å². The fourth-order valence-electron chi connectivity index (χ4n) is 5.77. The van der Waals surface area contributed by atoms with E-state index in [1.165, 1.54) is 5.69 Å². The van der Waals surface area contributed by atoms with Gasteiger partial charge in [-0.05, 0) is 57.2 Å². The molecule has 1 aliphatic rings. The van der Waals surface area contributed by atoms with Gasteiger partial charge in [0.15, 0.2) is 5.58 Å². The van der Waals surface area contributed by atoms with Crippen LogP contribution in [0.3, 0.4) is 0 Å². The van der Waals surface area contributed by atoms with E-state index < -0.39 is 0 Å². The molecule has 0 spiro atoms. The number of hydrogen-bond acceptors (Lipinski definition) is 4. The Balaban J connectivity index is 1.41. The normalized spacial score (nSPS) is 16.0. The monoisotopic (exact) mass is 458 g/mol. The molecule has 0 bridgehead atoms. The molecule has 2 aromatic heterocycles. The molecule has 1 unspecified atom stereocenters. The van der Waals surface area contributed by atoms with Gasteiger partial charge in [0, 0.05) is 10.8 Å². The molecule has 35 heavy (non-hydrogen) atoms. The maximum absolute atomic E-state index is 6.43. The Morgan fingerprint density at radius 1 is 0.771 bits per heavy atom. The average molecular weight is 459 g/mol. The van der Waals surface area contributed by atoms with E-state index in [1.807, 2.05) is 24.3 Å². The van der Waals surface area contributed by atoms with Gasteiger partial charge in [-0.2, -0.15) is 0 Å². The Bertz CT molecular complexity index is 1690. The molecule has 0 fully saturated rings. The number of nitrogens with one attached hydrogen (secondary N) is 1. The lowest BCUT2D eigenvalue weighted by Gasteiger charge is -2.40. The van der Waals surface area contributed by atoms with Gasteiger partial charge in [-0.15, -0.1) is 0 Å². The lowest BCUT2D eigenvalue weighted by molar-refractivity contribution is 0.428. The predicted octanol–water partition coefficient (Wildman–Crippen LogP) is 7.70. The van der Waals surface area contributed by atoms with Crippen molar-refractivity contribution in [3.8, 4) is 0 Å². The van der Waals surface area contributed by atoms with Crippen LogP contribution in [0.1, 0.15) is 26.6 Å². The number of aromatic amines is 1. The minimum atomic E-state index is -0.384. The molecule has 0 aliphatic carbocycles. The average Bonchev–Trinajstić information content (AvgIpc) is 3.55. The number of para-hydroxylation sites is 6. The largest absolute Gasteiger partial charge is 0.454 e. The first-order chi connectivity index (χ1) is 17.0. The topological polar surface area (TPSA) is 48.3 Å². The number of hydrogen-bond donors (Lipinski definition) is 1. The highest BCUT2D eigenvalue weighted by molar-refractivity contribution is 6.10. The molecule has 0 saturated heterocycles. The van der Waals surface area contributed by atoms with Crippen LogP contribution in [0.4, 0.5) is 17.1 Å². The summed E-state index contributed by atoms with van der Waals surface area (Å²) in [7, 11) is 0. The zero-order valence-corrected chi connectivity index (χ0v) is 20.0. The van der Waals surface area contributed by atoms with Gasteiger partial charge in [0.05, 0.1) is 33.6 Å². The summed E-state index contributed by atoms with van der Waals surface area (Å²) in [5, 5.41) is 2.28. The maximum Gasteiger partial charge on any atom is 0.159 e. The molecule has 0 saturated carbocycles. The molecule has 0 amide bonds. The van der Waals surface area contributed by atoms with Crippen LogP contribution in [0, 0.1) is 0 Å². The van der Waals surface area contributed by atoms with Gasteiger partial charge in [-0.1, -0.05) is 54.6 Å². The van der Waals surface area contributed by atoms with Crippen LogP contribution in [0.5, 0.6) is 0 Å². The van der Waals surface area contributed by atoms with Gasteiger partial charge in [0.2, 0.25) is 0 Å². The lowest BCUT2D eigenvalue weighted by Crippen LogP contribution is -2.49. The highest BCUT2D eigenvalue weighted by atomic mass is 16.3. The number of imidazole rings is 1. The van der Waals surface area contributed by atoms with Crippen molar-refractivity contribution in [2.75, 3.05) is 9.80 Å². The molecular weight excluding hydrogens is 432 g/mol. The minimum Gasteiger partial charge on any atom is -0.454 e. The Kier molecular flexibility index (Phi) is 4.10. The van der Waals surface area contributed by atoms with Gasteiger partial charge in [0.1, 0.15) is 17.6 Å². The van der Waals surface area contributed by atoms with E-state index in [1.54, 1.807) is 0 Å². The van der Waals surface area contributed by atoms with Crippen LogP contribution in [-0.4, -0.2) is 16.1 Å². The van der Waals surface area contributed by atoms with E-state index in [-0.39, 0.29) is 11.7 Å². The third-order valence-electron chi connectivity index (χ3n) is 7.36. The van der Waals surface area contributed by atoms with E-state index >= 15 is 0 Å². The molecule has 5 heteroatoms. The van der Waals surface area contributed by atoms with Gasteiger partial charge in [-0.25, -0.2) is 4.98 Å². The molecular formula is C30H26N4O. The summed E-state index contributed by atoms with van der Waals surface area (Å²) < 4.78 is 6.43. The number of anilines is 3. The standard InChI is InChI=1S/C30H26N4O/c1-19-33(26-17-10-12-21-20-11-4-9-18-27(20)35-28(21)26)24-15-7-8-16-25(24)34(19)30(2,3)29-31-22-13-5-6-14-23(22)32-29/h4-19H,1-3H3,(H,31,32). The van der Waals surface area contributed by atoms with Crippen molar-refractivity contribution in [3.63, 3.8) is 0 Å². The molecule has 5 nitrogen and oxygen atoms in total. The number of rotatable bonds is 3. The first kappa shape index (κ1) is 20.2. The summed E-state index contributed by atoms with van der Waals surface area (Å²) in [4.78, 5) is 13.4. The van der Waals surface area contributed by atoms with Crippen LogP contribution in [0.2, 0.25) is 0 Å². The van der Waals surface area contributed by atoms with E-state index in [9.17, 15) is 0 Å². The second-order valence-electron chi connectivity index (χ2n) is 9.77. The number of benzene rings is 4. The molecule has 172 valence electrons. The first-order valence-electron chi connectivity index (χ1n) is 12.1. The predicted molar refractivity (Wildman–Crippen MR) is 143 cm³/mol. The molecule has 0 radical (unpaired) electrons. The van der Waals surface area contributed by atoms with Crippen molar-refractivity contribution in [3.05, 3.63) is 96.8 Å². The number of nitrogens with zero attached hydrogens (tertiary/aromatic N) is 3. The van der Waals surface area contributed by atoms with E-state index in [0.717, 1.165) is 50.2 Å². The SMILES string of the molecule is CC1N(c2cccc3c2oc2ccccc23)c2ccccc2N1C(C)(C)c1nc2ccccc2[nH]1. The highest BCUT2D eigenvalue weighted by Gasteiger charge is 2.44. The Hall–Kier alpha value is -4.25. The van der Waals surface area contributed by atoms with Crippen LogP contribution in [0.25, 0.3) is 33.0 Å². The molecule has 6 aromatic rings. The third-order valence-corrected chi connectivity index (χ3v) is 7.36. The first-order valence-corrected chi connectivity index (χ1v) is 12.1. The zero-order chi connectivity index (χ0) is 23.7. The molecule has 1 atom stereocenters. The molecule has 1 aliphatic heterocycles. The van der Waals surface area contributed by atoms with Crippen LogP contribution in [-0.2, 0) is 5.54 Å². The number of aromatic nitrogens is 2. The maximum atomic E-state index is 6.43. The Morgan fingerprint density at radius 2 is 1.46 bits per heavy atom. The summed E-state index contributed by atoms with van der Waals surface area (Å²) in [5.41, 5.74) is 6.90. The van der Waals surface area contributed by atoms with Crippen molar-refractivity contribution >= 4 is 50.0 Å². The molecule has 7 rings (SSSR count). The Morgan fingerprint density at radius 3 is 2.31 bits per heavy atom.